The van der Waals surface area contributed by atoms with Crippen molar-refractivity contribution < 1.29 is 9.53 Å². The molecule has 1 heterocycles. The topological polar surface area (TPSA) is 47.4 Å². The highest BCUT2D eigenvalue weighted by atomic mass is 16.5. The molecule has 0 bridgehead atoms. The molecule has 5 heteroatoms. The van der Waals surface area contributed by atoms with Crippen LogP contribution in [-0.4, -0.2) is 39.6 Å². The zero-order chi connectivity index (χ0) is 12.8. The number of hydrogen-bond donors (Lipinski definition) is 0. The van der Waals surface area contributed by atoms with Gasteiger partial charge < -0.3 is 9.30 Å². The summed E-state index contributed by atoms with van der Waals surface area (Å²) in [6.45, 7) is 7.39. The number of nitrogens with zero attached hydrogens (tertiary/aromatic N) is 3. The second kappa shape index (κ2) is 6.39. The summed E-state index contributed by atoms with van der Waals surface area (Å²) >= 11 is 0. The van der Waals surface area contributed by atoms with Gasteiger partial charge in [-0.15, -0.1) is 0 Å². The van der Waals surface area contributed by atoms with Crippen molar-refractivity contribution in [3.63, 3.8) is 0 Å². The lowest BCUT2D eigenvalue weighted by atomic mass is 10.3. The molecule has 0 saturated carbocycles. The first-order valence-electron chi connectivity index (χ1n) is 5.89. The van der Waals surface area contributed by atoms with Crippen LogP contribution in [0.4, 0.5) is 0 Å². The molecule has 0 atom stereocenters. The van der Waals surface area contributed by atoms with Gasteiger partial charge in [-0.05, 0) is 20.8 Å². The SMILES string of the molecule is CCOC(=O)CN(Cc1cncn1C)C(C)C. The van der Waals surface area contributed by atoms with Gasteiger partial charge in [0.15, 0.2) is 0 Å². The number of aromatic nitrogens is 2. The average molecular weight is 239 g/mol. The Bertz CT molecular complexity index is 360. The molecular weight excluding hydrogens is 218 g/mol. The lowest BCUT2D eigenvalue weighted by Crippen LogP contribution is -2.36. The van der Waals surface area contributed by atoms with Crippen LogP contribution in [0.1, 0.15) is 26.5 Å². The third kappa shape index (κ3) is 4.19. The number of ether oxygens (including phenoxy) is 1. The maximum Gasteiger partial charge on any atom is 0.320 e. The minimum atomic E-state index is -0.177. The number of rotatable bonds is 6. The van der Waals surface area contributed by atoms with E-state index in [1.807, 2.05) is 24.7 Å². The molecule has 0 saturated heterocycles. The molecule has 0 radical (unpaired) electrons. The first-order valence-corrected chi connectivity index (χ1v) is 5.89. The Morgan fingerprint density at radius 1 is 1.59 bits per heavy atom. The molecule has 0 unspecified atom stereocenters. The highest BCUT2D eigenvalue weighted by Crippen LogP contribution is 2.07. The van der Waals surface area contributed by atoms with Crippen molar-refractivity contribution >= 4 is 5.97 Å². The van der Waals surface area contributed by atoms with Gasteiger partial charge in [0, 0.05) is 25.8 Å². The van der Waals surface area contributed by atoms with E-state index in [-0.39, 0.29) is 12.0 Å². The van der Waals surface area contributed by atoms with Crippen LogP contribution in [0, 0.1) is 0 Å². The fraction of sp³-hybridized carbons (Fsp3) is 0.667. The smallest absolute Gasteiger partial charge is 0.320 e. The van der Waals surface area contributed by atoms with Crippen molar-refractivity contribution in [2.75, 3.05) is 13.2 Å². The molecule has 1 aromatic heterocycles. The Morgan fingerprint density at radius 3 is 2.76 bits per heavy atom. The van der Waals surface area contributed by atoms with Crippen molar-refractivity contribution in [2.45, 2.75) is 33.4 Å². The molecule has 0 amide bonds. The summed E-state index contributed by atoms with van der Waals surface area (Å²) in [6, 6.07) is 0.286. The highest BCUT2D eigenvalue weighted by molar-refractivity contribution is 5.71. The largest absolute Gasteiger partial charge is 0.465 e. The van der Waals surface area contributed by atoms with Gasteiger partial charge in [0.05, 0.1) is 25.2 Å². The molecule has 0 aliphatic rings. The zero-order valence-electron chi connectivity index (χ0n) is 11.0. The summed E-state index contributed by atoms with van der Waals surface area (Å²) in [7, 11) is 1.95. The average Bonchev–Trinajstić information content (AvgIpc) is 2.63. The standard InChI is InChI=1S/C12H21N3O2/c1-5-17-12(16)8-15(10(2)3)7-11-6-13-9-14(11)4/h6,9-10H,5,7-8H2,1-4H3. The van der Waals surface area contributed by atoms with E-state index in [2.05, 4.69) is 23.7 Å². The minimum Gasteiger partial charge on any atom is -0.465 e. The molecule has 0 N–H and O–H groups in total. The van der Waals surface area contributed by atoms with Crippen LogP contribution in [0.3, 0.4) is 0 Å². The van der Waals surface area contributed by atoms with Crippen LogP contribution in [0.5, 0.6) is 0 Å². The second-order valence-electron chi connectivity index (χ2n) is 4.30. The number of carbonyl (C=O) groups is 1. The van der Waals surface area contributed by atoms with E-state index in [1.165, 1.54) is 0 Å². The molecular formula is C12H21N3O2. The molecule has 1 rings (SSSR count). The van der Waals surface area contributed by atoms with E-state index in [1.54, 1.807) is 6.33 Å². The van der Waals surface area contributed by atoms with E-state index < -0.39 is 0 Å². The predicted molar refractivity (Wildman–Crippen MR) is 65.4 cm³/mol. The zero-order valence-corrected chi connectivity index (χ0v) is 11.0. The van der Waals surface area contributed by atoms with Gasteiger partial charge >= 0.3 is 5.97 Å². The molecule has 0 aromatic carbocycles. The lowest BCUT2D eigenvalue weighted by Gasteiger charge is -2.25. The van der Waals surface area contributed by atoms with Crippen molar-refractivity contribution in [1.82, 2.24) is 14.5 Å². The molecule has 17 heavy (non-hydrogen) atoms. The van der Waals surface area contributed by atoms with Crippen LogP contribution in [-0.2, 0) is 23.1 Å². The Kier molecular flexibility index (Phi) is 5.15. The Hall–Kier alpha value is -1.36. The molecule has 0 fully saturated rings. The monoisotopic (exact) mass is 239 g/mol. The normalized spacial score (nSPS) is 11.2. The van der Waals surface area contributed by atoms with E-state index in [4.69, 9.17) is 4.74 Å². The summed E-state index contributed by atoms with van der Waals surface area (Å²) in [6.07, 6.45) is 3.58. The predicted octanol–water partition coefficient (Wildman–Crippen LogP) is 1.19. The van der Waals surface area contributed by atoms with Crippen LogP contribution >= 0.6 is 0 Å². The molecule has 5 nitrogen and oxygen atoms in total. The van der Waals surface area contributed by atoms with Gasteiger partial charge in [-0.3, -0.25) is 9.69 Å². The summed E-state index contributed by atoms with van der Waals surface area (Å²) in [5, 5.41) is 0. The lowest BCUT2D eigenvalue weighted by molar-refractivity contribution is -0.145. The van der Waals surface area contributed by atoms with E-state index >= 15 is 0 Å². The van der Waals surface area contributed by atoms with E-state index in [0.717, 1.165) is 5.69 Å². The van der Waals surface area contributed by atoms with Gasteiger partial charge in [0.2, 0.25) is 0 Å². The maximum absolute atomic E-state index is 11.5. The van der Waals surface area contributed by atoms with E-state index in [0.29, 0.717) is 19.7 Å². The fourth-order valence-corrected chi connectivity index (χ4v) is 1.54. The molecule has 0 aliphatic heterocycles. The molecule has 0 spiro atoms. The Morgan fingerprint density at radius 2 is 2.29 bits per heavy atom. The van der Waals surface area contributed by atoms with Crippen molar-refractivity contribution in [3.05, 3.63) is 18.2 Å². The number of esters is 1. The fourth-order valence-electron chi connectivity index (χ4n) is 1.54. The summed E-state index contributed by atoms with van der Waals surface area (Å²) in [5.41, 5.74) is 1.09. The van der Waals surface area contributed by atoms with Crippen LogP contribution in [0.2, 0.25) is 0 Å². The van der Waals surface area contributed by atoms with Gasteiger partial charge in [0.25, 0.3) is 0 Å². The summed E-state index contributed by atoms with van der Waals surface area (Å²) in [4.78, 5) is 17.6. The van der Waals surface area contributed by atoms with Crippen LogP contribution in [0.15, 0.2) is 12.5 Å². The number of aryl methyl sites for hydroxylation is 1. The minimum absolute atomic E-state index is 0.177. The van der Waals surface area contributed by atoms with Crippen molar-refractivity contribution in [2.24, 2.45) is 7.05 Å². The van der Waals surface area contributed by atoms with Gasteiger partial charge in [-0.1, -0.05) is 0 Å². The highest BCUT2D eigenvalue weighted by Gasteiger charge is 2.16. The molecule has 1 aromatic rings. The third-order valence-corrected chi connectivity index (χ3v) is 2.65. The summed E-state index contributed by atoms with van der Waals surface area (Å²) in [5.74, 6) is -0.177. The third-order valence-electron chi connectivity index (χ3n) is 2.65. The maximum atomic E-state index is 11.5. The van der Waals surface area contributed by atoms with Crippen LogP contribution in [0.25, 0.3) is 0 Å². The number of hydrogen-bond acceptors (Lipinski definition) is 4. The number of carbonyl (C=O) groups excluding carboxylic acids is 1. The molecule has 96 valence electrons. The van der Waals surface area contributed by atoms with Crippen molar-refractivity contribution in [3.8, 4) is 0 Å². The number of imidazole rings is 1. The quantitative estimate of drug-likeness (QED) is 0.700. The van der Waals surface area contributed by atoms with Gasteiger partial charge in [-0.25, -0.2) is 4.98 Å². The molecule has 0 aliphatic carbocycles. The Labute approximate surface area is 102 Å². The van der Waals surface area contributed by atoms with E-state index in [9.17, 15) is 4.79 Å². The van der Waals surface area contributed by atoms with Gasteiger partial charge in [0.1, 0.15) is 0 Å². The van der Waals surface area contributed by atoms with Gasteiger partial charge in [-0.2, -0.15) is 0 Å². The Balaban J connectivity index is 2.61. The first kappa shape index (κ1) is 13.7. The van der Waals surface area contributed by atoms with Crippen molar-refractivity contribution in [1.29, 1.82) is 0 Å². The first-order chi connectivity index (χ1) is 8.04. The van der Waals surface area contributed by atoms with Crippen LogP contribution < -0.4 is 0 Å². The summed E-state index contributed by atoms with van der Waals surface area (Å²) < 4.78 is 6.93. The second-order valence-corrected chi connectivity index (χ2v) is 4.30.